The minimum Gasteiger partial charge on any atom is -0.381 e. The summed E-state index contributed by atoms with van der Waals surface area (Å²) in [5.74, 6) is 0. The molecule has 0 bridgehead atoms. The van der Waals surface area contributed by atoms with Crippen LogP contribution in [0.5, 0.6) is 0 Å². The zero-order chi connectivity index (χ0) is 11.4. The normalized spacial score (nSPS) is 10.1. The van der Waals surface area contributed by atoms with Crippen molar-refractivity contribution in [1.29, 1.82) is 0 Å². The Kier molecular flexibility index (Phi) is 3.47. The molecule has 0 amide bonds. The van der Waals surface area contributed by atoms with Gasteiger partial charge in [-0.1, -0.05) is 41.4 Å². The van der Waals surface area contributed by atoms with Crippen LogP contribution in [0.25, 0.3) is 0 Å². The molecule has 0 aliphatic heterocycles. The number of hydrogen-bond donors (Lipinski definition) is 1. The van der Waals surface area contributed by atoms with Gasteiger partial charge in [0.15, 0.2) is 0 Å². The van der Waals surface area contributed by atoms with Crippen LogP contribution in [-0.2, 0) is 6.54 Å². The lowest BCUT2D eigenvalue weighted by Gasteiger charge is -2.06. The molecule has 0 spiro atoms. The van der Waals surface area contributed by atoms with Crippen LogP contribution in [-0.4, -0.2) is 0 Å². The van der Waals surface area contributed by atoms with Crippen LogP contribution in [0.1, 0.15) is 11.1 Å². The molecule has 82 valence electrons. The average molecular weight is 232 g/mol. The third kappa shape index (κ3) is 3.01. The summed E-state index contributed by atoms with van der Waals surface area (Å²) in [5.41, 5.74) is 3.64. The number of aryl methyl sites for hydroxylation is 1. The maximum absolute atomic E-state index is 5.83. The number of halogens is 1. The van der Waals surface area contributed by atoms with Crippen LogP contribution in [0.15, 0.2) is 48.5 Å². The van der Waals surface area contributed by atoms with Gasteiger partial charge in [0.25, 0.3) is 0 Å². The minimum absolute atomic E-state index is 0.777. The lowest BCUT2D eigenvalue weighted by atomic mass is 10.2. The quantitative estimate of drug-likeness (QED) is 0.832. The van der Waals surface area contributed by atoms with Gasteiger partial charge in [-0.2, -0.15) is 0 Å². The molecule has 2 aromatic carbocycles. The Labute approximate surface area is 101 Å². The average Bonchev–Trinajstić information content (AvgIpc) is 2.30. The highest BCUT2D eigenvalue weighted by Crippen LogP contribution is 2.13. The SMILES string of the molecule is Cc1ccc(NCc2ccc(Cl)cc2)cc1. The minimum atomic E-state index is 0.777. The lowest BCUT2D eigenvalue weighted by molar-refractivity contribution is 1.15. The molecule has 0 aromatic heterocycles. The second kappa shape index (κ2) is 5.04. The Morgan fingerprint density at radius 2 is 1.56 bits per heavy atom. The predicted octanol–water partition coefficient (Wildman–Crippen LogP) is 4.26. The van der Waals surface area contributed by atoms with E-state index in [1.54, 1.807) is 0 Å². The number of benzene rings is 2. The Morgan fingerprint density at radius 1 is 0.938 bits per heavy atom. The first kappa shape index (κ1) is 11.0. The summed E-state index contributed by atoms with van der Waals surface area (Å²) >= 11 is 5.83. The molecule has 0 atom stereocenters. The van der Waals surface area contributed by atoms with Crippen LogP contribution in [0.2, 0.25) is 5.02 Å². The summed E-state index contributed by atoms with van der Waals surface area (Å²) in [6.07, 6.45) is 0. The summed E-state index contributed by atoms with van der Waals surface area (Å²) in [5, 5.41) is 4.14. The summed E-state index contributed by atoms with van der Waals surface area (Å²) in [6, 6.07) is 16.3. The lowest BCUT2D eigenvalue weighted by Crippen LogP contribution is -1.98. The largest absolute Gasteiger partial charge is 0.381 e. The van der Waals surface area contributed by atoms with E-state index in [-0.39, 0.29) is 0 Å². The van der Waals surface area contributed by atoms with Crippen molar-refractivity contribution >= 4 is 17.3 Å². The molecule has 1 nitrogen and oxygen atoms in total. The molecule has 0 aliphatic rings. The van der Waals surface area contributed by atoms with Gasteiger partial charge >= 0.3 is 0 Å². The van der Waals surface area contributed by atoms with Gasteiger partial charge in [0.2, 0.25) is 0 Å². The third-order valence-corrected chi connectivity index (χ3v) is 2.71. The van der Waals surface area contributed by atoms with Gasteiger partial charge in [0.05, 0.1) is 0 Å². The topological polar surface area (TPSA) is 12.0 Å². The van der Waals surface area contributed by atoms with E-state index in [1.165, 1.54) is 11.1 Å². The highest BCUT2D eigenvalue weighted by Gasteiger charge is 1.94. The summed E-state index contributed by atoms with van der Waals surface area (Å²) < 4.78 is 0. The highest BCUT2D eigenvalue weighted by atomic mass is 35.5. The second-order valence-electron chi connectivity index (χ2n) is 3.85. The van der Waals surface area contributed by atoms with Crippen molar-refractivity contribution in [3.8, 4) is 0 Å². The number of nitrogens with one attached hydrogen (secondary N) is 1. The summed E-state index contributed by atoms with van der Waals surface area (Å²) in [4.78, 5) is 0. The molecule has 2 aromatic rings. The van der Waals surface area contributed by atoms with E-state index < -0.39 is 0 Å². The van der Waals surface area contributed by atoms with E-state index in [0.717, 1.165) is 17.3 Å². The van der Waals surface area contributed by atoms with E-state index in [0.29, 0.717) is 0 Å². The first-order valence-corrected chi connectivity index (χ1v) is 5.67. The van der Waals surface area contributed by atoms with E-state index in [2.05, 4.69) is 36.5 Å². The van der Waals surface area contributed by atoms with Crippen molar-refractivity contribution in [2.75, 3.05) is 5.32 Å². The van der Waals surface area contributed by atoms with Crippen molar-refractivity contribution in [3.63, 3.8) is 0 Å². The van der Waals surface area contributed by atoms with Crippen molar-refractivity contribution in [2.24, 2.45) is 0 Å². The second-order valence-corrected chi connectivity index (χ2v) is 4.28. The molecule has 0 aliphatic carbocycles. The first-order valence-electron chi connectivity index (χ1n) is 5.29. The van der Waals surface area contributed by atoms with E-state index in [1.807, 2.05) is 24.3 Å². The van der Waals surface area contributed by atoms with Crippen LogP contribution in [0, 0.1) is 6.92 Å². The molecule has 2 heteroatoms. The fraction of sp³-hybridized carbons (Fsp3) is 0.143. The van der Waals surface area contributed by atoms with Crippen molar-refractivity contribution in [1.82, 2.24) is 0 Å². The Hall–Kier alpha value is -1.47. The predicted molar refractivity (Wildman–Crippen MR) is 70.0 cm³/mol. The van der Waals surface area contributed by atoms with Gasteiger partial charge in [-0.3, -0.25) is 0 Å². The van der Waals surface area contributed by atoms with Gasteiger partial charge in [-0.05, 0) is 36.8 Å². The molecule has 2 rings (SSSR count). The standard InChI is InChI=1S/C14H14ClN/c1-11-2-8-14(9-3-11)16-10-12-4-6-13(15)7-5-12/h2-9,16H,10H2,1H3. The molecule has 0 fully saturated rings. The molecule has 1 N–H and O–H groups in total. The van der Waals surface area contributed by atoms with Gasteiger partial charge in [-0.15, -0.1) is 0 Å². The zero-order valence-electron chi connectivity index (χ0n) is 9.20. The molecule has 0 saturated carbocycles. The molecular formula is C14H14ClN. The Bertz CT molecular complexity index is 400. The van der Waals surface area contributed by atoms with Gasteiger partial charge in [0, 0.05) is 17.3 Å². The van der Waals surface area contributed by atoms with Gasteiger partial charge < -0.3 is 5.32 Å². The van der Waals surface area contributed by atoms with Crippen molar-refractivity contribution < 1.29 is 0 Å². The smallest absolute Gasteiger partial charge is 0.0406 e. The monoisotopic (exact) mass is 231 g/mol. The Balaban J connectivity index is 1.97. The van der Waals surface area contributed by atoms with Crippen molar-refractivity contribution in [3.05, 3.63) is 64.7 Å². The number of anilines is 1. The molecule has 0 saturated heterocycles. The fourth-order valence-corrected chi connectivity index (χ4v) is 1.60. The van der Waals surface area contributed by atoms with Crippen LogP contribution >= 0.6 is 11.6 Å². The van der Waals surface area contributed by atoms with Crippen LogP contribution < -0.4 is 5.32 Å². The van der Waals surface area contributed by atoms with Crippen LogP contribution in [0.3, 0.4) is 0 Å². The third-order valence-electron chi connectivity index (χ3n) is 2.46. The van der Waals surface area contributed by atoms with E-state index >= 15 is 0 Å². The summed E-state index contributed by atoms with van der Waals surface area (Å²) in [7, 11) is 0. The van der Waals surface area contributed by atoms with Crippen LogP contribution in [0.4, 0.5) is 5.69 Å². The number of hydrogen-bond acceptors (Lipinski definition) is 1. The summed E-state index contributed by atoms with van der Waals surface area (Å²) in [6.45, 7) is 2.91. The molecule has 0 radical (unpaired) electrons. The maximum atomic E-state index is 5.83. The number of rotatable bonds is 3. The van der Waals surface area contributed by atoms with Gasteiger partial charge in [0.1, 0.15) is 0 Å². The zero-order valence-corrected chi connectivity index (χ0v) is 9.96. The first-order chi connectivity index (χ1) is 7.74. The van der Waals surface area contributed by atoms with Gasteiger partial charge in [-0.25, -0.2) is 0 Å². The molecule has 0 unspecified atom stereocenters. The fourth-order valence-electron chi connectivity index (χ4n) is 1.48. The molecular weight excluding hydrogens is 218 g/mol. The molecule has 16 heavy (non-hydrogen) atoms. The van der Waals surface area contributed by atoms with E-state index in [4.69, 9.17) is 11.6 Å². The van der Waals surface area contributed by atoms with Crippen molar-refractivity contribution in [2.45, 2.75) is 13.5 Å². The maximum Gasteiger partial charge on any atom is 0.0406 e. The Morgan fingerprint density at radius 3 is 2.19 bits per heavy atom. The van der Waals surface area contributed by atoms with E-state index in [9.17, 15) is 0 Å². The highest BCUT2D eigenvalue weighted by molar-refractivity contribution is 6.30. The molecule has 0 heterocycles.